The van der Waals surface area contributed by atoms with E-state index >= 15 is 0 Å². The maximum atomic E-state index is 13.1. The Bertz CT molecular complexity index is 1040. The fraction of sp³-hybridized carbons (Fsp3) is 0.0526. The van der Waals surface area contributed by atoms with Crippen molar-refractivity contribution in [3.8, 4) is 17.1 Å². The predicted octanol–water partition coefficient (Wildman–Crippen LogP) is 5.11. The Hall–Kier alpha value is -3.15. The third-order valence-electron chi connectivity index (χ3n) is 3.87. The first-order chi connectivity index (χ1) is 12.0. The molecule has 0 unspecified atom stereocenters. The number of nitrogens with zero attached hydrogens (tertiary/aromatic N) is 3. The van der Waals surface area contributed by atoms with Crippen LogP contribution in [0.3, 0.4) is 0 Å². The van der Waals surface area contributed by atoms with Gasteiger partial charge in [0, 0.05) is 5.56 Å². The zero-order chi connectivity index (χ0) is 17.4. The van der Waals surface area contributed by atoms with Crippen LogP contribution in [0.4, 0.5) is 13.2 Å². The monoisotopic (exact) mass is 339 g/mol. The first-order valence-corrected chi connectivity index (χ1v) is 7.61. The van der Waals surface area contributed by atoms with Gasteiger partial charge >= 0.3 is 6.18 Å². The number of fused-ring (bicyclic) bond motifs is 1. The highest BCUT2D eigenvalue weighted by Gasteiger charge is 2.37. The molecule has 0 atom stereocenters. The Morgan fingerprint density at radius 2 is 1.44 bits per heavy atom. The maximum Gasteiger partial charge on any atom is 0.453 e. The van der Waals surface area contributed by atoms with Gasteiger partial charge in [0.05, 0.1) is 5.69 Å². The van der Waals surface area contributed by atoms with Crippen molar-refractivity contribution in [2.45, 2.75) is 6.18 Å². The van der Waals surface area contributed by atoms with Gasteiger partial charge in [-0.15, -0.1) is 5.10 Å². The highest BCUT2D eigenvalue weighted by Crippen LogP contribution is 2.31. The van der Waals surface area contributed by atoms with Crippen LogP contribution in [0.1, 0.15) is 5.82 Å². The molecule has 25 heavy (non-hydrogen) atoms. The van der Waals surface area contributed by atoms with Gasteiger partial charge in [-0.3, -0.25) is 0 Å². The zero-order valence-corrected chi connectivity index (χ0v) is 12.9. The average Bonchev–Trinajstić information content (AvgIpc) is 3.08. The van der Waals surface area contributed by atoms with E-state index < -0.39 is 12.0 Å². The normalized spacial score (nSPS) is 11.8. The molecule has 0 aliphatic heterocycles. The van der Waals surface area contributed by atoms with Gasteiger partial charge in [0.2, 0.25) is 0 Å². The minimum absolute atomic E-state index is 0.156. The van der Waals surface area contributed by atoms with E-state index in [1.165, 1.54) is 4.68 Å². The number of benzene rings is 3. The van der Waals surface area contributed by atoms with Crippen LogP contribution < -0.4 is 0 Å². The summed E-state index contributed by atoms with van der Waals surface area (Å²) in [4.78, 5) is 3.74. The molecule has 4 aromatic rings. The molecule has 0 spiro atoms. The summed E-state index contributed by atoms with van der Waals surface area (Å²) in [5.41, 5.74) is 1.10. The maximum absolute atomic E-state index is 13.1. The predicted molar refractivity (Wildman–Crippen MR) is 89.3 cm³/mol. The van der Waals surface area contributed by atoms with Gasteiger partial charge in [0.1, 0.15) is 0 Å². The van der Waals surface area contributed by atoms with Crippen LogP contribution in [-0.2, 0) is 6.18 Å². The highest BCUT2D eigenvalue weighted by molar-refractivity contribution is 5.84. The Balaban J connectivity index is 1.94. The quantitative estimate of drug-likeness (QED) is 0.508. The summed E-state index contributed by atoms with van der Waals surface area (Å²) in [7, 11) is 0. The molecule has 0 fully saturated rings. The van der Waals surface area contributed by atoms with Crippen molar-refractivity contribution in [3.05, 3.63) is 78.6 Å². The Labute approximate surface area is 141 Å². The first-order valence-electron chi connectivity index (χ1n) is 7.61. The smallest absolute Gasteiger partial charge is 0.213 e. The standard InChI is InChI=1S/C19H12F3N3/c20-19(21,22)18-23-17(14-7-2-1-3-8-14)25(24-18)16-11-10-13-6-4-5-9-15(13)12-16/h1-12H. The van der Waals surface area contributed by atoms with Gasteiger partial charge in [0.25, 0.3) is 5.82 Å². The summed E-state index contributed by atoms with van der Waals surface area (Å²) in [5, 5.41) is 5.64. The van der Waals surface area contributed by atoms with E-state index in [4.69, 9.17) is 0 Å². The minimum atomic E-state index is -4.61. The second-order valence-electron chi connectivity index (χ2n) is 5.57. The summed E-state index contributed by atoms with van der Waals surface area (Å²) in [6, 6.07) is 21.8. The minimum Gasteiger partial charge on any atom is -0.213 e. The fourth-order valence-corrected chi connectivity index (χ4v) is 2.69. The van der Waals surface area contributed by atoms with E-state index in [1.54, 1.807) is 42.5 Å². The van der Waals surface area contributed by atoms with Gasteiger partial charge in [0.15, 0.2) is 5.82 Å². The summed E-state index contributed by atoms with van der Waals surface area (Å²) in [6.07, 6.45) is -4.61. The van der Waals surface area contributed by atoms with Gasteiger partial charge < -0.3 is 0 Å². The molecule has 0 saturated heterocycles. The third kappa shape index (κ3) is 2.87. The van der Waals surface area contributed by atoms with Gasteiger partial charge in [-0.1, -0.05) is 60.7 Å². The number of hydrogen-bond acceptors (Lipinski definition) is 2. The van der Waals surface area contributed by atoms with Crippen molar-refractivity contribution in [1.29, 1.82) is 0 Å². The van der Waals surface area contributed by atoms with Crippen LogP contribution in [-0.4, -0.2) is 14.8 Å². The van der Waals surface area contributed by atoms with Crippen LogP contribution >= 0.6 is 0 Å². The van der Waals surface area contributed by atoms with Crippen molar-refractivity contribution in [2.75, 3.05) is 0 Å². The molecule has 0 bridgehead atoms. The highest BCUT2D eigenvalue weighted by atomic mass is 19.4. The largest absolute Gasteiger partial charge is 0.453 e. The molecule has 0 N–H and O–H groups in total. The lowest BCUT2D eigenvalue weighted by Crippen LogP contribution is -2.08. The van der Waals surface area contributed by atoms with Crippen molar-refractivity contribution in [1.82, 2.24) is 14.8 Å². The molecule has 0 amide bonds. The number of aromatic nitrogens is 3. The van der Waals surface area contributed by atoms with Crippen molar-refractivity contribution in [3.63, 3.8) is 0 Å². The molecule has 1 aromatic heterocycles. The third-order valence-corrected chi connectivity index (χ3v) is 3.87. The Morgan fingerprint density at radius 1 is 0.760 bits per heavy atom. The van der Waals surface area contributed by atoms with E-state index in [2.05, 4.69) is 10.1 Å². The van der Waals surface area contributed by atoms with Gasteiger partial charge in [-0.05, 0) is 22.9 Å². The molecule has 124 valence electrons. The van der Waals surface area contributed by atoms with E-state index in [-0.39, 0.29) is 5.82 Å². The topological polar surface area (TPSA) is 30.7 Å². The van der Waals surface area contributed by atoms with Crippen LogP contribution in [0.25, 0.3) is 27.8 Å². The molecule has 3 aromatic carbocycles. The number of rotatable bonds is 2. The van der Waals surface area contributed by atoms with E-state index in [9.17, 15) is 13.2 Å². The van der Waals surface area contributed by atoms with E-state index in [0.29, 0.717) is 11.3 Å². The molecule has 0 aliphatic carbocycles. The lowest BCUT2D eigenvalue weighted by atomic mass is 10.1. The van der Waals surface area contributed by atoms with Crippen LogP contribution in [0.5, 0.6) is 0 Å². The molecule has 0 aliphatic rings. The SMILES string of the molecule is FC(F)(F)c1nc(-c2ccccc2)n(-c2ccc3ccccc3c2)n1. The molecule has 4 rings (SSSR count). The summed E-state index contributed by atoms with van der Waals surface area (Å²) in [5.74, 6) is -0.997. The summed E-state index contributed by atoms with van der Waals surface area (Å²) < 4.78 is 40.6. The molecule has 6 heteroatoms. The Morgan fingerprint density at radius 3 is 2.16 bits per heavy atom. The van der Waals surface area contributed by atoms with Gasteiger partial charge in [-0.2, -0.15) is 13.2 Å². The number of alkyl halides is 3. The molecular weight excluding hydrogens is 327 g/mol. The molecule has 0 radical (unpaired) electrons. The van der Waals surface area contributed by atoms with Crippen LogP contribution in [0, 0.1) is 0 Å². The molecular formula is C19H12F3N3. The molecule has 0 saturated carbocycles. The van der Waals surface area contributed by atoms with Crippen molar-refractivity contribution in [2.24, 2.45) is 0 Å². The lowest BCUT2D eigenvalue weighted by Gasteiger charge is -2.07. The second kappa shape index (κ2) is 5.73. The lowest BCUT2D eigenvalue weighted by molar-refractivity contribution is -0.144. The number of halogens is 3. The summed E-state index contributed by atoms with van der Waals surface area (Å²) in [6.45, 7) is 0. The van der Waals surface area contributed by atoms with E-state index in [0.717, 1.165) is 10.8 Å². The average molecular weight is 339 g/mol. The van der Waals surface area contributed by atoms with Crippen molar-refractivity contribution < 1.29 is 13.2 Å². The fourth-order valence-electron chi connectivity index (χ4n) is 2.69. The first kappa shape index (κ1) is 15.4. The number of hydrogen-bond donors (Lipinski definition) is 0. The van der Waals surface area contributed by atoms with Crippen molar-refractivity contribution >= 4 is 10.8 Å². The van der Waals surface area contributed by atoms with Crippen LogP contribution in [0.2, 0.25) is 0 Å². The molecule has 1 heterocycles. The molecule has 3 nitrogen and oxygen atoms in total. The second-order valence-corrected chi connectivity index (χ2v) is 5.57. The summed E-state index contributed by atoms with van der Waals surface area (Å²) >= 11 is 0. The Kier molecular flexibility index (Phi) is 3.53. The van der Waals surface area contributed by atoms with Crippen LogP contribution in [0.15, 0.2) is 72.8 Å². The van der Waals surface area contributed by atoms with Gasteiger partial charge in [-0.25, -0.2) is 9.67 Å². The zero-order valence-electron chi connectivity index (χ0n) is 12.9. The van der Waals surface area contributed by atoms with E-state index in [1.807, 2.05) is 30.3 Å².